The fourth-order valence-corrected chi connectivity index (χ4v) is 0.0408. The molecule has 0 rings (SSSR count). The van der Waals surface area contributed by atoms with Crippen LogP contribution in [0.3, 0.4) is 0 Å². The van der Waals surface area contributed by atoms with Gasteiger partial charge in [0, 0.05) is 0 Å². The molecular weight excluding hydrogens is 80.0 g/mol. The second kappa shape index (κ2) is 2.72. The van der Waals surface area contributed by atoms with Crippen LogP contribution in [0.15, 0.2) is 11.8 Å². The molecule has 2 nitrogen and oxygen atoms in total. The van der Waals surface area contributed by atoms with Crippen LogP contribution < -0.4 is 0 Å². The van der Waals surface area contributed by atoms with Gasteiger partial charge in [0.25, 0.3) is 0 Å². The Labute approximate surface area is 36.7 Å². The van der Waals surface area contributed by atoms with Gasteiger partial charge in [-0.15, -0.1) is 0 Å². The standard InChI is InChI=1S/C4H8O2/c1-4(2-5)3-6/h2,5-6H,3H2,1H3/b4-2+. The van der Waals surface area contributed by atoms with Crippen LogP contribution in [0.25, 0.3) is 0 Å². The first-order valence-electron chi connectivity index (χ1n) is 1.72. The molecule has 0 saturated heterocycles. The van der Waals surface area contributed by atoms with Crippen molar-refractivity contribution in [3.8, 4) is 0 Å². The maximum Gasteiger partial charge on any atom is 0.0803 e. The summed E-state index contributed by atoms with van der Waals surface area (Å²) in [5.41, 5.74) is 0.579. The van der Waals surface area contributed by atoms with Gasteiger partial charge < -0.3 is 10.2 Å². The average Bonchev–Trinajstić information content (AvgIpc) is 1.65. The van der Waals surface area contributed by atoms with Crippen LogP contribution in [0, 0.1) is 0 Å². The second-order valence-electron chi connectivity index (χ2n) is 1.13. The van der Waals surface area contributed by atoms with E-state index in [-0.39, 0.29) is 6.61 Å². The van der Waals surface area contributed by atoms with E-state index in [1.807, 2.05) is 0 Å². The first-order valence-corrected chi connectivity index (χ1v) is 1.72. The lowest BCUT2D eigenvalue weighted by Gasteiger charge is -1.83. The van der Waals surface area contributed by atoms with Crippen molar-refractivity contribution in [1.82, 2.24) is 0 Å². The van der Waals surface area contributed by atoms with Gasteiger partial charge in [-0.25, -0.2) is 0 Å². The quantitative estimate of drug-likeness (QED) is 0.456. The Morgan fingerprint density at radius 1 is 1.83 bits per heavy atom. The Morgan fingerprint density at radius 2 is 2.33 bits per heavy atom. The highest BCUT2D eigenvalue weighted by atomic mass is 16.3. The monoisotopic (exact) mass is 88.1 g/mol. The highest BCUT2D eigenvalue weighted by molar-refractivity contribution is 4.90. The molecule has 36 valence electrons. The zero-order valence-corrected chi connectivity index (χ0v) is 3.68. The van der Waals surface area contributed by atoms with Crippen LogP contribution in [0.1, 0.15) is 6.92 Å². The van der Waals surface area contributed by atoms with Crippen molar-refractivity contribution < 1.29 is 10.2 Å². The van der Waals surface area contributed by atoms with Crippen molar-refractivity contribution >= 4 is 0 Å². The summed E-state index contributed by atoms with van der Waals surface area (Å²) < 4.78 is 0. The minimum atomic E-state index is -0.0590. The number of rotatable bonds is 1. The predicted octanol–water partition coefficient (Wildman–Crippen LogP) is 0.440. The minimum Gasteiger partial charge on any atom is -0.516 e. The lowest BCUT2D eigenvalue weighted by molar-refractivity contribution is 0.324. The largest absolute Gasteiger partial charge is 0.516 e. The van der Waals surface area contributed by atoms with Crippen molar-refractivity contribution in [3.63, 3.8) is 0 Å². The van der Waals surface area contributed by atoms with E-state index >= 15 is 0 Å². The Kier molecular flexibility index (Phi) is 2.50. The topological polar surface area (TPSA) is 40.5 Å². The zero-order chi connectivity index (χ0) is 4.99. The fraction of sp³-hybridized carbons (Fsp3) is 0.500. The molecule has 2 heteroatoms. The molecule has 2 N–H and O–H groups in total. The molecule has 0 aromatic rings. The average molecular weight is 88.1 g/mol. The highest BCUT2D eigenvalue weighted by Gasteiger charge is 1.76. The second-order valence-corrected chi connectivity index (χ2v) is 1.13. The molecule has 0 radical (unpaired) electrons. The maximum atomic E-state index is 8.11. The van der Waals surface area contributed by atoms with Gasteiger partial charge in [0.15, 0.2) is 0 Å². The molecule has 0 amide bonds. The first kappa shape index (κ1) is 5.50. The van der Waals surface area contributed by atoms with Crippen LogP contribution in [-0.4, -0.2) is 16.8 Å². The third-order valence-corrected chi connectivity index (χ3v) is 0.470. The summed E-state index contributed by atoms with van der Waals surface area (Å²) in [5.74, 6) is 0. The van der Waals surface area contributed by atoms with Gasteiger partial charge in [-0.3, -0.25) is 0 Å². The number of hydrogen-bond donors (Lipinski definition) is 2. The predicted molar refractivity (Wildman–Crippen MR) is 23.5 cm³/mol. The van der Waals surface area contributed by atoms with Gasteiger partial charge in [0.2, 0.25) is 0 Å². The van der Waals surface area contributed by atoms with Crippen molar-refractivity contribution in [2.24, 2.45) is 0 Å². The maximum absolute atomic E-state index is 8.11. The van der Waals surface area contributed by atoms with Gasteiger partial charge in [-0.1, -0.05) is 0 Å². The Hall–Kier alpha value is -0.500. The van der Waals surface area contributed by atoms with E-state index < -0.39 is 0 Å². The lowest BCUT2D eigenvalue weighted by Crippen LogP contribution is -1.80. The summed E-state index contributed by atoms with van der Waals surface area (Å²) in [6.07, 6.45) is 0.889. The Morgan fingerprint density at radius 3 is 2.33 bits per heavy atom. The third kappa shape index (κ3) is 1.79. The fourth-order valence-electron chi connectivity index (χ4n) is 0.0408. The zero-order valence-electron chi connectivity index (χ0n) is 3.68. The molecule has 0 bridgehead atoms. The molecule has 6 heavy (non-hydrogen) atoms. The van der Waals surface area contributed by atoms with Crippen molar-refractivity contribution in [1.29, 1.82) is 0 Å². The molecule has 0 saturated carbocycles. The number of aliphatic hydroxyl groups excluding tert-OH is 2. The van der Waals surface area contributed by atoms with Crippen LogP contribution >= 0.6 is 0 Å². The van der Waals surface area contributed by atoms with Crippen LogP contribution in [0.5, 0.6) is 0 Å². The number of aliphatic hydroxyl groups is 2. The van der Waals surface area contributed by atoms with Crippen LogP contribution in [0.4, 0.5) is 0 Å². The Balaban J connectivity index is 3.22. The third-order valence-electron chi connectivity index (χ3n) is 0.470. The minimum absolute atomic E-state index is 0.0590. The highest BCUT2D eigenvalue weighted by Crippen LogP contribution is 1.82. The van der Waals surface area contributed by atoms with Crippen molar-refractivity contribution in [2.75, 3.05) is 6.61 Å². The van der Waals surface area contributed by atoms with Gasteiger partial charge in [0.1, 0.15) is 0 Å². The van der Waals surface area contributed by atoms with Crippen molar-refractivity contribution in [3.05, 3.63) is 11.8 Å². The van der Waals surface area contributed by atoms with E-state index in [0.717, 1.165) is 6.26 Å². The molecular formula is C4H8O2. The molecule has 0 aromatic carbocycles. The lowest BCUT2D eigenvalue weighted by atomic mass is 10.4. The molecule has 0 aliphatic rings. The van der Waals surface area contributed by atoms with Gasteiger partial charge >= 0.3 is 0 Å². The molecule has 0 aromatic heterocycles. The Bertz CT molecular complexity index is 56.6. The molecule has 0 aliphatic heterocycles. The van der Waals surface area contributed by atoms with E-state index in [4.69, 9.17) is 10.2 Å². The molecule has 0 atom stereocenters. The summed E-state index contributed by atoms with van der Waals surface area (Å²) in [7, 11) is 0. The molecule has 0 spiro atoms. The molecule has 0 unspecified atom stereocenters. The summed E-state index contributed by atoms with van der Waals surface area (Å²) >= 11 is 0. The van der Waals surface area contributed by atoms with E-state index in [0.29, 0.717) is 5.57 Å². The van der Waals surface area contributed by atoms with Gasteiger partial charge in [0.05, 0.1) is 12.9 Å². The summed E-state index contributed by atoms with van der Waals surface area (Å²) in [6, 6.07) is 0. The van der Waals surface area contributed by atoms with Crippen molar-refractivity contribution in [2.45, 2.75) is 6.92 Å². The summed E-state index contributed by atoms with van der Waals surface area (Å²) in [4.78, 5) is 0. The molecule has 0 fully saturated rings. The van der Waals surface area contributed by atoms with E-state index in [1.54, 1.807) is 6.92 Å². The molecule has 0 aliphatic carbocycles. The summed E-state index contributed by atoms with van der Waals surface area (Å²) in [5, 5.41) is 16.1. The van der Waals surface area contributed by atoms with Gasteiger partial charge in [-0.2, -0.15) is 0 Å². The van der Waals surface area contributed by atoms with Gasteiger partial charge in [-0.05, 0) is 12.5 Å². The normalized spacial score (nSPS) is 12.0. The summed E-state index contributed by atoms with van der Waals surface area (Å²) in [6.45, 7) is 1.58. The van der Waals surface area contributed by atoms with E-state index in [1.165, 1.54) is 0 Å². The van der Waals surface area contributed by atoms with E-state index in [2.05, 4.69) is 0 Å². The smallest absolute Gasteiger partial charge is 0.0803 e. The SMILES string of the molecule is C/C(=C\O)CO. The van der Waals surface area contributed by atoms with Crippen LogP contribution in [-0.2, 0) is 0 Å². The van der Waals surface area contributed by atoms with E-state index in [9.17, 15) is 0 Å². The van der Waals surface area contributed by atoms with Crippen LogP contribution in [0.2, 0.25) is 0 Å². The molecule has 0 heterocycles. The first-order chi connectivity index (χ1) is 2.81. The number of hydrogen-bond acceptors (Lipinski definition) is 2.